The van der Waals surface area contributed by atoms with Crippen molar-refractivity contribution in [1.82, 2.24) is 0 Å². The summed E-state index contributed by atoms with van der Waals surface area (Å²) in [7, 11) is 0. The largest absolute Gasteiger partial charge is 0.432 e. The van der Waals surface area contributed by atoms with Gasteiger partial charge in [-0.3, -0.25) is 4.79 Å². The van der Waals surface area contributed by atoms with Gasteiger partial charge >= 0.3 is 5.97 Å². The van der Waals surface area contributed by atoms with Crippen LogP contribution in [0.25, 0.3) is 0 Å². The van der Waals surface area contributed by atoms with Crippen molar-refractivity contribution in [2.45, 2.75) is 169 Å². The van der Waals surface area contributed by atoms with E-state index in [1.54, 1.807) is 0 Å². The number of fused-ring (bicyclic) bond motifs is 3. The van der Waals surface area contributed by atoms with Gasteiger partial charge in [-0.1, -0.05) is 19.9 Å². The number of rotatable bonds is 9. The van der Waals surface area contributed by atoms with Gasteiger partial charge in [-0.15, -0.1) is 0 Å². The minimum Gasteiger partial charge on any atom is -0.432 e. The number of aliphatic hydroxyl groups excluding tert-OH is 11. The molecule has 4 saturated carbocycles. The molecule has 0 radical (unpaired) electrons. The average molecular weight is 805 g/mol. The number of carbonyl (C=O) groups excluding carboxylic acids is 1. The summed E-state index contributed by atoms with van der Waals surface area (Å²) < 4.78 is 35.6. The first kappa shape index (κ1) is 42.7. The van der Waals surface area contributed by atoms with Gasteiger partial charge in [0.25, 0.3) is 0 Å². The first-order chi connectivity index (χ1) is 26.4. The van der Waals surface area contributed by atoms with Crippen LogP contribution < -0.4 is 0 Å². The van der Waals surface area contributed by atoms with Crippen molar-refractivity contribution in [2.24, 2.45) is 28.1 Å². The van der Waals surface area contributed by atoms with E-state index in [4.69, 9.17) is 28.4 Å². The summed E-state index contributed by atoms with van der Waals surface area (Å²) in [4.78, 5) is 14.1. The van der Waals surface area contributed by atoms with Gasteiger partial charge < -0.3 is 84.6 Å². The van der Waals surface area contributed by atoms with Crippen molar-refractivity contribution in [2.75, 3.05) is 19.8 Å². The van der Waals surface area contributed by atoms with Crippen LogP contribution >= 0.6 is 0 Å². The van der Waals surface area contributed by atoms with Crippen molar-refractivity contribution >= 4 is 5.97 Å². The Bertz CT molecular complexity index is 1450. The molecule has 4 aliphatic carbocycles. The van der Waals surface area contributed by atoms with Crippen LogP contribution in [0.15, 0.2) is 12.2 Å². The highest BCUT2D eigenvalue weighted by Gasteiger charge is 2.69. The molecular weight excluding hydrogens is 744 g/mol. The Hall–Kier alpha value is -1.43. The van der Waals surface area contributed by atoms with E-state index >= 15 is 0 Å². The summed E-state index contributed by atoms with van der Waals surface area (Å²) in [5.74, 6) is -0.591. The van der Waals surface area contributed by atoms with Crippen LogP contribution in [0.4, 0.5) is 0 Å². The summed E-state index contributed by atoms with van der Waals surface area (Å²) in [5, 5.41) is 114. The molecule has 0 aromatic carbocycles. The number of hydrogen-bond donors (Lipinski definition) is 11. The third kappa shape index (κ3) is 6.69. The topological polar surface area (TPSA) is 295 Å². The number of ether oxygens (including phenoxy) is 6. The Kier molecular flexibility index (Phi) is 11.9. The van der Waals surface area contributed by atoms with E-state index in [1.807, 2.05) is 6.92 Å². The van der Waals surface area contributed by atoms with Crippen molar-refractivity contribution < 1.29 is 89.4 Å². The maximum Gasteiger partial charge on any atom is 0.314 e. The van der Waals surface area contributed by atoms with E-state index in [2.05, 4.69) is 13.5 Å². The predicted octanol–water partition coefficient (Wildman–Crippen LogP) is -2.94. The Morgan fingerprint density at radius 2 is 1.21 bits per heavy atom. The van der Waals surface area contributed by atoms with Gasteiger partial charge in [0, 0.05) is 0 Å². The molecule has 0 aromatic rings. The van der Waals surface area contributed by atoms with Crippen molar-refractivity contribution in [3.05, 3.63) is 12.2 Å². The quantitative estimate of drug-likeness (QED) is 0.0631. The number of esters is 1. The lowest BCUT2D eigenvalue weighted by Gasteiger charge is -2.64. The third-order valence-corrected chi connectivity index (χ3v) is 15.0. The van der Waals surface area contributed by atoms with Crippen LogP contribution in [-0.2, 0) is 33.2 Å². The van der Waals surface area contributed by atoms with Gasteiger partial charge in [0.1, 0.15) is 73.2 Å². The summed E-state index contributed by atoms with van der Waals surface area (Å²) in [6.45, 7) is 6.52. The lowest BCUT2D eigenvalue weighted by Crippen LogP contribution is -2.65. The predicted molar refractivity (Wildman–Crippen MR) is 186 cm³/mol. The standard InChI is InChI=1S/C38H60O18/c1-16-11-37-9-5-20-35(2,7-4-8-36(20,3)34(50)55-32-29(49)26(46)23(43)18(13-40)52-32)21(37)6-10-38(16,15-37)56-33-30(27(47)24(44)19(14-41)53-33)54-31-28(48)25(45)22(42)17(12-39)51-31/h17-33,39-49H,1,4-15H2,2-3H3/t17?,18?,19?,20-,21-,22?,23?,24?,25?,26?,27?,28?,29?,30?,31-,32?,33+,35-,36+,37-,38-/m1/s1. The van der Waals surface area contributed by atoms with Gasteiger partial charge in [0.15, 0.2) is 12.6 Å². The molecule has 7 aliphatic rings. The molecule has 0 amide bonds. The highest BCUT2D eigenvalue weighted by atomic mass is 16.8. The molecule has 0 aromatic heterocycles. The fraction of sp³-hybridized carbons (Fsp3) is 0.921. The number of hydrogen-bond acceptors (Lipinski definition) is 18. The molecule has 3 heterocycles. The zero-order chi connectivity index (χ0) is 40.7. The van der Waals surface area contributed by atoms with Crippen LogP contribution in [0, 0.1) is 28.1 Å². The first-order valence-corrected chi connectivity index (χ1v) is 19.9. The number of carbonyl (C=O) groups is 1. The van der Waals surface area contributed by atoms with E-state index in [0.29, 0.717) is 44.9 Å². The van der Waals surface area contributed by atoms with E-state index < -0.39 is 129 Å². The highest BCUT2D eigenvalue weighted by molar-refractivity contribution is 5.77. The molecule has 1 spiro atoms. The van der Waals surface area contributed by atoms with Gasteiger partial charge in [0.05, 0.1) is 30.8 Å². The fourth-order valence-corrected chi connectivity index (χ4v) is 12.0. The molecule has 7 fully saturated rings. The van der Waals surface area contributed by atoms with E-state index in [-0.39, 0.29) is 22.7 Å². The molecule has 2 bridgehead atoms. The van der Waals surface area contributed by atoms with Crippen molar-refractivity contribution in [3.8, 4) is 0 Å². The molecule has 18 nitrogen and oxygen atoms in total. The summed E-state index contributed by atoms with van der Waals surface area (Å²) in [6.07, 6.45) is -17.8. The Morgan fingerprint density at radius 1 is 0.679 bits per heavy atom. The van der Waals surface area contributed by atoms with E-state index in [1.165, 1.54) is 0 Å². The average Bonchev–Trinajstić information content (AvgIpc) is 3.37. The molecule has 21 atom stereocenters. The van der Waals surface area contributed by atoms with Crippen LogP contribution in [-0.4, -0.2) is 180 Å². The minimum atomic E-state index is -1.81. The second-order valence-electron chi connectivity index (χ2n) is 18.0. The molecule has 3 saturated heterocycles. The van der Waals surface area contributed by atoms with Crippen molar-refractivity contribution in [1.29, 1.82) is 0 Å². The highest BCUT2D eigenvalue weighted by Crippen LogP contribution is 2.73. The van der Waals surface area contributed by atoms with Crippen LogP contribution in [0.1, 0.15) is 71.6 Å². The first-order valence-electron chi connectivity index (χ1n) is 19.9. The fourth-order valence-electron chi connectivity index (χ4n) is 12.0. The molecular formula is C38H60O18. The summed E-state index contributed by atoms with van der Waals surface area (Å²) in [6, 6.07) is 0. The second-order valence-corrected chi connectivity index (χ2v) is 18.0. The second kappa shape index (κ2) is 15.6. The zero-order valence-corrected chi connectivity index (χ0v) is 31.8. The molecule has 3 aliphatic heterocycles. The smallest absolute Gasteiger partial charge is 0.314 e. The van der Waals surface area contributed by atoms with Gasteiger partial charge in [0.2, 0.25) is 6.29 Å². The molecule has 11 N–H and O–H groups in total. The maximum atomic E-state index is 14.1. The van der Waals surface area contributed by atoms with Gasteiger partial charge in [-0.05, 0) is 86.5 Å². The normalized spacial score (nSPS) is 54.6. The maximum absolute atomic E-state index is 14.1. The lowest BCUT2D eigenvalue weighted by molar-refractivity contribution is -0.378. The van der Waals surface area contributed by atoms with E-state index in [9.17, 15) is 61.0 Å². The van der Waals surface area contributed by atoms with Crippen LogP contribution in [0.2, 0.25) is 0 Å². The summed E-state index contributed by atoms with van der Waals surface area (Å²) >= 11 is 0. The van der Waals surface area contributed by atoms with Crippen LogP contribution in [0.5, 0.6) is 0 Å². The minimum absolute atomic E-state index is 0.121. The lowest BCUT2D eigenvalue weighted by atomic mass is 9.41. The van der Waals surface area contributed by atoms with Gasteiger partial charge in [-0.2, -0.15) is 0 Å². The molecule has 18 heteroatoms. The molecule has 56 heavy (non-hydrogen) atoms. The Balaban J connectivity index is 1.10. The third-order valence-electron chi connectivity index (χ3n) is 15.0. The van der Waals surface area contributed by atoms with Gasteiger partial charge in [-0.25, -0.2) is 0 Å². The molecule has 320 valence electrons. The number of aliphatic hydroxyl groups is 11. The SMILES string of the molecule is C=C1C[C@@]23CC[C@@H]4[C@@](C)(CCC[C@]4(C)C(=O)OC4OC(CO)C(O)C(O)C4O)[C@H]2CC[C@@]1(O[C@@H]1OC(CO)C(O)C(O)C1O[C@H]1OC(CO)C(O)C(O)C1O)C3. The monoisotopic (exact) mass is 804 g/mol. The van der Waals surface area contributed by atoms with Crippen molar-refractivity contribution in [3.63, 3.8) is 0 Å². The van der Waals surface area contributed by atoms with Crippen LogP contribution in [0.3, 0.4) is 0 Å². The summed E-state index contributed by atoms with van der Waals surface area (Å²) in [5.41, 5.74) is -1.80. The zero-order valence-electron chi connectivity index (χ0n) is 31.8. The molecule has 7 rings (SSSR count). The molecule has 13 unspecified atom stereocenters. The Morgan fingerprint density at radius 3 is 1.82 bits per heavy atom. The van der Waals surface area contributed by atoms with E-state index in [0.717, 1.165) is 18.4 Å². The Labute approximate surface area is 324 Å².